The summed E-state index contributed by atoms with van der Waals surface area (Å²) in [6.07, 6.45) is 3.06. The summed E-state index contributed by atoms with van der Waals surface area (Å²) in [4.78, 5) is 23.9. The van der Waals surface area contributed by atoms with Crippen LogP contribution in [0.3, 0.4) is 0 Å². The number of hydrogen-bond acceptors (Lipinski definition) is 4. The summed E-state index contributed by atoms with van der Waals surface area (Å²) in [5, 5.41) is 0. The average Bonchev–Trinajstić information content (AvgIpc) is 3.10. The highest BCUT2D eigenvalue weighted by atomic mass is 16.6. The summed E-state index contributed by atoms with van der Waals surface area (Å²) in [6.45, 7) is 4.63. The summed E-state index contributed by atoms with van der Waals surface area (Å²) < 4.78 is 11.1. The van der Waals surface area contributed by atoms with Gasteiger partial charge in [-0.1, -0.05) is 6.92 Å². The van der Waals surface area contributed by atoms with Crippen LogP contribution in [0.15, 0.2) is 11.1 Å². The lowest BCUT2D eigenvalue weighted by atomic mass is 9.54. The molecule has 2 aliphatic heterocycles. The second-order valence-corrected chi connectivity index (χ2v) is 6.76. The molecule has 4 heteroatoms. The van der Waals surface area contributed by atoms with Gasteiger partial charge in [-0.2, -0.15) is 0 Å². The van der Waals surface area contributed by atoms with Crippen LogP contribution >= 0.6 is 0 Å². The molecule has 0 aromatic rings. The molecule has 3 fully saturated rings. The van der Waals surface area contributed by atoms with Crippen molar-refractivity contribution < 1.29 is 19.1 Å². The van der Waals surface area contributed by atoms with Crippen LogP contribution in [0.1, 0.15) is 39.5 Å². The number of rotatable bonds is 0. The molecule has 0 amide bonds. The predicted molar refractivity (Wildman–Crippen MR) is 66.3 cm³/mol. The predicted octanol–water partition coefficient (Wildman–Crippen LogP) is 1.78. The van der Waals surface area contributed by atoms with E-state index in [1.54, 1.807) is 0 Å². The van der Waals surface area contributed by atoms with E-state index in [4.69, 9.17) is 9.47 Å². The number of ether oxygens (including phenoxy) is 2. The second kappa shape index (κ2) is 3.29. The molecule has 4 atom stereocenters. The van der Waals surface area contributed by atoms with E-state index in [0.29, 0.717) is 13.0 Å². The zero-order valence-corrected chi connectivity index (χ0v) is 11.3. The van der Waals surface area contributed by atoms with E-state index >= 15 is 0 Å². The lowest BCUT2D eigenvalue weighted by Crippen LogP contribution is -2.52. The SMILES string of the molecule is CC1=C2C[C@@H]3[C@](C)(CCC(=O)[C@]34CO4)C[C@@H]2OC1=O. The molecule has 0 N–H and O–H groups in total. The van der Waals surface area contributed by atoms with E-state index in [0.717, 1.165) is 30.4 Å². The normalized spacial score (nSPS) is 48.1. The Morgan fingerprint density at radius 1 is 1.32 bits per heavy atom. The van der Waals surface area contributed by atoms with Crippen LogP contribution in [0.2, 0.25) is 0 Å². The number of hydrogen-bond donors (Lipinski definition) is 0. The van der Waals surface area contributed by atoms with Gasteiger partial charge in [0.05, 0.1) is 6.61 Å². The fraction of sp³-hybridized carbons (Fsp3) is 0.733. The Morgan fingerprint density at radius 2 is 2.05 bits per heavy atom. The summed E-state index contributed by atoms with van der Waals surface area (Å²) in [5.41, 5.74) is 1.39. The van der Waals surface area contributed by atoms with Crippen LogP contribution in [-0.4, -0.2) is 30.1 Å². The monoisotopic (exact) mass is 262 g/mol. The largest absolute Gasteiger partial charge is 0.454 e. The van der Waals surface area contributed by atoms with Crippen molar-refractivity contribution in [2.45, 2.75) is 51.2 Å². The molecule has 2 heterocycles. The first-order chi connectivity index (χ1) is 8.96. The smallest absolute Gasteiger partial charge is 0.334 e. The highest BCUT2D eigenvalue weighted by Gasteiger charge is 2.67. The first-order valence-electron chi connectivity index (χ1n) is 7.04. The lowest BCUT2D eigenvalue weighted by molar-refractivity contribution is -0.146. The number of epoxide rings is 1. The van der Waals surface area contributed by atoms with E-state index in [2.05, 4.69) is 6.92 Å². The number of Topliss-reactive ketones (excluding diaryl/α,β-unsaturated/α-hetero) is 1. The zero-order valence-electron chi connectivity index (χ0n) is 11.3. The third-order valence-electron chi connectivity index (χ3n) is 5.76. The standard InChI is InChI=1S/C15H18O4/c1-8-9-5-11-14(2,6-10(9)19-13(8)17)4-3-12(16)15(11)7-18-15/h10-11H,3-7H2,1-2H3/t10-,11+,14+,15-/m0/s1. The van der Waals surface area contributed by atoms with Crippen LogP contribution in [0.5, 0.6) is 0 Å². The number of ketones is 1. The number of fused-ring (bicyclic) bond motifs is 3. The molecule has 0 unspecified atom stereocenters. The molecule has 1 saturated heterocycles. The maximum atomic E-state index is 12.2. The minimum absolute atomic E-state index is 0.0576. The van der Waals surface area contributed by atoms with Gasteiger partial charge in [-0.15, -0.1) is 0 Å². The highest BCUT2D eigenvalue weighted by molar-refractivity contribution is 5.93. The van der Waals surface area contributed by atoms with Crippen molar-refractivity contribution in [2.24, 2.45) is 11.3 Å². The zero-order chi connectivity index (χ0) is 13.4. The fourth-order valence-corrected chi connectivity index (χ4v) is 4.39. The van der Waals surface area contributed by atoms with Gasteiger partial charge < -0.3 is 9.47 Å². The highest BCUT2D eigenvalue weighted by Crippen LogP contribution is 2.60. The molecule has 4 aliphatic rings. The van der Waals surface area contributed by atoms with Crippen molar-refractivity contribution in [3.05, 3.63) is 11.1 Å². The number of carbonyl (C=O) groups is 2. The quantitative estimate of drug-likeness (QED) is 0.493. The van der Waals surface area contributed by atoms with Crippen molar-refractivity contribution >= 4 is 11.8 Å². The molecule has 4 rings (SSSR count). The average molecular weight is 262 g/mol. The van der Waals surface area contributed by atoms with Gasteiger partial charge in [-0.25, -0.2) is 4.79 Å². The van der Waals surface area contributed by atoms with Crippen molar-refractivity contribution in [1.29, 1.82) is 0 Å². The third kappa shape index (κ3) is 1.33. The van der Waals surface area contributed by atoms with Gasteiger partial charge in [0.15, 0.2) is 11.4 Å². The summed E-state index contributed by atoms with van der Waals surface area (Å²) in [7, 11) is 0. The first-order valence-corrected chi connectivity index (χ1v) is 7.04. The molecule has 0 radical (unpaired) electrons. The van der Waals surface area contributed by atoms with Gasteiger partial charge in [-0.05, 0) is 37.2 Å². The molecule has 0 aromatic carbocycles. The summed E-state index contributed by atoms with van der Waals surface area (Å²) in [6, 6.07) is 0. The van der Waals surface area contributed by atoms with Crippen molar-refractivity contribution in [3.8, 4) is 0 Å². The Bertz CT molecular complexity index is 528. The molecule has 102 valence electrons. The Balaban J connectivity index is 1.76. The van der Waals surface area contributed by atoms with Gasteiger partial charge in [0, 0.05) is 17.9 Å². The third-order valence-corrected chi connectivity index (χ3v) is 5.76. The Kier molecular flexibility index (Phi) is 2.02. The maximum absolute atomic E-state index is 12.2. The van der Waals surface area contributed by atoms with Gasteiger partial charge >= 0.3 is 5.97 Å². The minimum Gasteiger partial charge on any atom is -0.454 e. The minimum atomic E-state index is -0.531. The molecular weight excluding hydrogens is 244 g/mol. The van der Waals surface area contributed by atoms with Gasteiger partial charge in [0.2, 0.25) is 0 Å². The number of carbonyl (C=O) groups excluding carboxylic acids is 2. The molecule has 4 nitrogen and oxygen atoms in total. The van der Waals surface area contributed by atoms with Crippen molar-refractivity contribution in [1.82, 2.24) is 0 Å². The Labute approximate surface area is 112 Å². The Morgan fingerprint density at radius 3 is 2.74 bits per heavy atom. The first kappa shape index (κ1) is 11.6. The molecule has 2 aliphatic carbocycles. The van der Waals surface area contributed by atoms with E-state index in [1.807, 2.05) is 6.92 Å². The van der Waals surface area contributed by atoms with Crippen LogP contribution in [-0.2, 0) is 19.1 Å². The molecule has 1 spiro atoms. The van der Waals surface area contributed by atoms with Gasteiger partial charge in [-0.3, -0.25) is 4.79 Å². The molecule has 0 aromatic heterocycles. The van der Waals surface area contributed by atoms with Crippen LogP contribution in [0.4, 0.5) is 0 Å². The second-order valence-electron chi connectivity index (χ2n) is 6.76. The van der Waals surface area contributed by atoms with Crippen LogP contribution in [0, 0.1) is 11.3 Å². The van der Waals surface area contributed by atoms with Crippen LogP contribution in [0.25, 0.3) is 0 Å². The van der Waals surface area contributed by atoms with E-state index in [9.17, 15) is 9.59 Å². The summed E-state index contributed by atoms with van der Waals surface area (Å²) >= 11 is 0. The summed E-state index contributed by atoms with van der Waals surface area (Å²) in [5.74, 6) is 0.299. The van der Waals surface area contributed by atoms with Crippen molar-refractivity contribution in [2.75, 3.05) is 6.61 Å². The maximum Gasteiger partial charge on any atom is 0.334 e. The van der Waals surface area contributed by atoms with Crippen LogP contribution < -0.4 is 0 Å². The van der Waals surface area contributed by atoms with E-state index < -0.39 is 5.60 Å². The topological polar surface area (TPSA) is 55.9 Å². The van der Waals surface area contributed by atoms with Gasteiger partial charge in [0.1, 0.15) is 6.10 Å². The van der Waals surface area contributed by atoms with Crippen molar-refractivity contribution in [3.63, 3.8) is 0 Å². The molecule has 19 heavy (non-hydrogen) atoms. The lowest BCUT2D eigenvalue weighted by Gasteiger charge is -2.49. The number of esters is 1. The van der Waals surface area contributed by atoms with E-state index in [-0.39, 0.29) is 29.2 Å². The molecule has 0 bridgehead atoms. The Hall–Kier alpha value is -1.16. The van der Waals surface area contributed by atoms with Gasteiger partial charge in [0.25, 0.3) is 0 Å². The van der Waals surface area contributed by atoms with E-state index in [1.165, 1.54) is 0 Å². The molecular formula is C15H18O4. The fourth-order valence-electron chi connectivity index (χ4n) is 4.39. The molecule has 2 saturated carbocycles.